The molecule has 1 fully saturated rings. The molecule has 2 atom stereocenters. The minimum absolute atomic E-state index is 0.0284. The molecule has 1 aliphatic rings. The molecule has 9 nitrogen and oxygen atoms in total. The second-order valence-electron chi connectivity index (χ2n) is 3.26. The van der Waals surface area contributed by atoms with Gasteiger partial charge in [-0.2, -0.15) is 0 Å². The van der Waals surface area contributed by atoms with E-state index < -0.39 is 29.8 Å². The quantitative estimate of drug-likeness (QED) is 0.393. The highest BCUT2D eigenvalue weighted by Crippen LogP contribution is 2.40. The van der Waals surface area contributed by atoms with Gasteiger partial charge in [0.05, 0.1) is 6.04 Å². The zero-order chi connectivity index (χ0) is 12.6. The zero-order valence-electron chi connectivity index (χ0n) is 8.41. The standard InChI is InChI=1S/C5H13N4O5PS/c1-7-4-2-3-9(5(4)10)15(6,11)8-16(12,13)14/h4,7H,2-3H2,1H3,(H3,6,8,11)(H,12,13,14)/p-1. The molecule has 0 aromatic rings. The van der Waals surface area contributed by atoms with Gasteiger partial charge in [-0.05, 0) is 13.5 Å². The first-order valence-electron chi connectivity index (χ1n) is 4.30. The van der Waals surface area contributed by atoms with E-state index in [1.54, 1.807) is 0 Å². The minimum Gasteiger partial charge on any atom is -0.735 e. The highest BCUT2D eigenvalue weighted by atomic mass is 32.2. The predicted octanol–water partition coefficient (Wildman–Crippen LogP) is -2.08. The van der Waals surface area contributed by atoms with E-state index in [4.69, 9.17) is 5.50 Å². The summed E-state index contributed by atoms with van der Waals surface area (Å²) in [5.41, 5.74) is 5.16. The molecule has 1 aliphatic heterocycles. The van der Waals surface area contributed by atoms with Crippen LogP contribution in [0.5, 0.6) is 0 Å². The Morgan fingerprint density at radius 1 is 1.62 bits per heavy atom. The fourth-order valence-corrected chi connectivity index (χ4v) is 3.96. The van der Waals surface area contributed by atoms with Crippen LogP contribution in [-0.4, -0.2) is 43.2 Å². The first-order valence-corrected chi connectivity index (χ1v) is 7.44. The van der Waals surface area contributed by atoms with Crippen LogP contribution in [0.4, 0.5) is 0 Å². The normalized spacial score (nSPS) is 25.8. The molecule has 0 aromatic heterocycles. The van der Waals surface area contributed by atoms with E-state index in [0.29, 0.717) is 11.1 Å². The molecule has 1 saturated heterocycles. The number of carbonyl (C=O) groups excluding carboxylic acids is 1. The topological polar surface area (TPSA) is 145 Å². The Balaban J connectivity index is 2.87. The summed E-state index contributed by atoms with van der Waals surface area (Å²) in [6.07, 6.45) is 0.344. The lowest BCUT2D eigenvalue weighted by atomic mass is 10.3. The van der Waals surface area contributed by atoms with Crippen molar-refractivity contribution in [1.82, 2.24) is 14.5 Å². The number of likely N-dealkylation sites (N-methyl/N-ethyl adjacent to an activating group) is 1. The third kappa shape index (κ3) is 3.00. The Hall–Kier alpha value is -0.510. The van der Waals surface area contributed by atoms with E-state index in [1.165, 1.54) is 11.5 Å². The van der Waals surface area contributed by atoms with Gasteiger partial charge in [0.1, 0.15) is 0 Å². The van der Waals surface area contributed by atoms with Gasteiger partial charge in [0, 0.05) is 6.54 Å². The van der Waals surface area contributed by atoms with E-state index in [9.17, 15) is 22.3 Å². The van der Waals surface area contributed by atoms with Crippen molar-refractivity contribution in [3.63, 3.8) is 0 Å². The van der Waals surface area contributed by atoms with Crippen molar-refractivity contribution < 1.29 is 22.3 Å². The summed E-state index contributed by atoms with van der Waals surface area (Å²) in [6.45, 7) is 0.0284. The van der Waals surface area contributed by atoms with Gasteiger partial charge in [0.15, 0.2) is 10.3 Å². The molecule has 0 bridgehead atoms. The Morgan fingerprint density at radius 3 is 2.56 bits per heavy atom. The van der Waals surface area contributed by atoms with Gasteiger partial charge in [-0.25, -0.2) is 8.42 Å². The highest BCUT2D eigenvalue weighted by molar-refractivity contribution is 7.90. The maximum Gasteiger partial charge on any atom is 0.317 e. The Morgan fingerprint density at radius 2 is 2.19 bits per heavy atom. The van der Waals surface area contributed by atoms with Crippen LogP contribution >= 0.6 is 7.59 Å². The van der Waals surface area contributed by atoms with Gasteiger partial charge < -0.3 is 9.87 Å². The van der Waals surface area contributed by atoms with Crippen LogP contribution in [0.2, 0.25) is 0 Å². The Labute approximate surface area is 92.8 Å². The maximum atomic E-state index is 11.7. The molecule has 0 aromatic carbocycles. The molecule has 94 valence electrons. The monoisotopic (exact) mass is 271 g/mol. The molecule has 0 radical (unpaired) electrons. The lowest BCUT2D eigenvalue weighted by molar-refractivity contribution is -0.125. The number of nitrogens with two attached hydrogens (primary N) is 1. The first kappa shape index (κ1) is 13.6. The molecule has 1 amide bonds. The van der Waals surface area contributed by atoms with Crippen molar-refractivity contribution in [3.05, 3.63) is 0 Å². The molecule has 11 heteroatoms. The largest absolute Gasteiger partial charge is 0.735 e. The Kier molecular flexibility index (Phi) is 3.72. The Bertz CT molecular complexity index is 436. The second kappa shape index (κ2) is 4.40. The smallest absolute Gasteiger partial charge is 0.317 e. The zero-order valence-corrected chi connectivity index (χ0v) is 10.1. The molecule has 1 rings (SSSR count). The van der Waals surface area contributed by atoms with Gasteiger partial charge in [0.25, 0.3) is 0 Å². The highest BCUT2D eigenvalue weighted by Gasteiger charge is 2.40. The fraction of sp³-hybridized carbons (Fsp3) is 0.800. The number of nitrogens with zero attached hydrogens (tertiary/aromatic N) is 1. The average Bonchev–Trinajstić information content (AvgIpc) is 2.42. The van der Waals surface area contributed by atoms with Gasteiger partial charge in [-0.15, -0.1) is 4.49 Å². The lowest BCUT2D eigenvalue weighted by Crippen LogP contribution is -2.40. The summed E-state index contributed by atoms with van der Waals surface area (Å²) in [5, 5.41) is 2.66. The summed E-state index contributed by atoms with van der Waals surface area (Å²) in [4.78, 5) is 11.5. The first-order chi connectivity index (χ1) is 7.17. The summed E-state index contributed by atoms with van der Waals surface area (Å²) in [5.74, 6) is -0.593. The second-order valence-corrected chi connectivity index (χ2v) is 6.63. The number of hydrogen-bond acceptors (Lipinski definition) is 6. The summed E-state index contributed by atoms with van der Waals surface area (Å²) in [7, 11) is -7.61. The van der Waals surface area contributed by atoms with Gasteiger partial charge >= 0.3 is 7.59 Å². The summed E-state index contributed by atoms with van der Waals surface area (Å²) < 4.78 is 44.8. The maximum absolute atomic E-state index is 11.7. The van der Waals surface area contributed by atoms with Crippen molar-refractivity contribution in [2.45, 2.75) is 12.5 Å². The molecule has 0 saturated carbocycles. The number of amides is 1. The minimum atomic E-state index is -4.97. The third-order valence-corrected chi connectivity index (χ3v) is 5.19. The van der Waals surface area contributed by atoms with E-state index in [0.717, 1.165) is 0 Å². The molecule has 1 heterocycles. The molecular formula is C5H12N4O5PS-. The van der Waals surface area contributed by atoms with Crippen LogP contribution in [0.3, 0.4) is 0 Å². The summed E-state index contributed by atoms with van der Waals surface area (Å²) in [6, 6.07) is -0.562. The van der Waals surface area contributed by atoms with Crippen molar-refractivity contribution in [3.8, 4) is 0 Å². The number of rotatable bonds is 4. The van der Waals surface area contributed by atoms with E-state index >= 15 is 0 Å². The molecule has 0 spiro atoms. The fourth-order valence-electron chi connectivity index (χ4n) is 1.44. The van der Waals surface area contributed by atoms with Crippen molar-refractivity contribution in [2.24, 2.45) is 5.50 Å². The molecule has 2 unspecified atom stereocenters. The molecule has 4 N–H and O–H groups in total. The van der Waals surface area contributed by atoms with Crippen molar-refractivity contribution in [1.29, 1.82) is 0 Å². The lowest BCUT2D eigenvalue weighted by Gasteiger charge is -2.25. The molecular weight excluding hydrogens is 259 g/mol. The van der Waals surface area contributed by atoms with Crippen molar-refractivity contribution in [2.75, 3.05) is 13.6 Å². The van der Waals surface area contributed by atoms with Crippen LogP contribution in [-0.2, 0) is 19.7 Å². The van der Waals surface area contributed by atoms with Crippen LogP contribution in [0.1, 0.15) is 6.42 Å². The van der Waals surface area contributed by atoms with Crippen LogP contribution in [0.25, 0.3) is 0 Å². The van der Waals surface area contributed by atoms with E-state index in [1.807, 2.05) is 0 Å². The van der Waals surface area contributed by atoms with Gasteiger partial charge in [-0.3, -0.25) is 19.5 Å². The predicted molar refractivity (Wildman–Crippen MR) is 53.8 cm³/mol. The van der Waals surface area contributed by atoms with Crippen LogP contribution in [0.15, 0.2) is 0 Å². The van der Waals surface area contributed by atoms with Gasteiger partial charge in [0.2, 0.25) is 5.91 Å². The van der Waals surface area contributed by atoms with E-state index in [-0.39, 0.29) is 6.54 Å². The third-order valence-electron chi connectivity index (χ3n) is 2.13. The van der Waals surface area contributed by atoms with Crippen LogP contribution < -0.4 is 15.3 Å². The number of hydrogen-bond donors (Lipinski definition) is 3. The SMILES string of the molecule is CNC1CCN(P(N)(=O)NS(=O)(=O)[O-])C1=O. The van der Waals surface area contributed by atoms with Gasteiger partial charge in [-0.1, -0.05) is 0 Å². The molecule has 0 aliphatic carbocycles. The van der Waals surface area contributed by atoms with Crippen molar-refractivity contribution >= 4 is 23.8 Å². The molecule has 16 heavy (non-hydrogen) atoms. The summed E-state index contributed by atoms with van der Waals surface area (Å²) >= 11 is 0. The van der Waals surface area contributed by atoms with E-state index in [2.05, 4.69) is 5.32 Å². The number of nitrogens with one attached hydrogen (secondary N) is 2. The average molecular weight is 271 g/mol. The van der Waals surface area contributed by atoms with Crippen LogP contribution in [0, 0.1) is 0 Å². The number of carbonyl (C=O) groups is 1.